The van der Waals surface area contributed by atoms with Crippen LogP contribution in [0.15, 0.2) is 36.4 Å². The number of rotatable bonds is 15. The van der Waals surface area contributed by atoms with E-state index in [0.29, 0.717) is 5.39 Å². The van der Waals surface area contributed by atoms with Gasteiger partial charge in [-0.2, -0.15) is 0 Å². The Morgan fingerprint density at radius 3 is 1.89 bits per heavy atom. The highest BCUT2D eigenvalue weighted by Crippen LogP contribution is 2.41. The molecule has 4 aromatic rings. The van der Waals surface area contributed by atoms with Crippen molar-refractivity contribution >= 4 is 57.8 Å². The van der Waals surface area contributed by atoms with Gasteiger partial charge in [0.2, 0.25) is 23.6 Å². The summed E-state index contributed by atoms with van der Waals surface area (Å²) in [5, 5.41) is 14.8. The zero-order valence-electron chi connectivity index (χ0n) is 40.3. The summed E-state index contributed by atoms with van der Waals surface area (Å²) < 4.78 is 98.8. The molecule has 2 aromatic carbocycles. The van der Waals surface area contributed by atoms with Gasteiger partial charge in [-0.05, 0) is 89.8 Å². The number of nitrogens with one attached hydrogen (secondary N) is 3. The first-order valence-corrected chi connectivity index (χ1v) is 22.9. The highest BCUT2D eigenvalue weighted by molar-refractivity contribution is 5.94. The number of imidazole rings is 1. The first-order valence-electron chi connectivity index (χ1n) is 22.9. The molecule has 0 radical (unpaired) electrons. The number of H-pyrrole nitrogens is 1. The van der Waals surface area contributed by atoms with Crippen LogP contribution in [0.3, 0.4) is 0 Å². The summed E-state index contributed by atoms with van der Waals surface area (Å²) in [4.78, 5) is 90.6. The Kier molecular flexibility index (Phi) is 15.1. The fourth-order valence-corrected chi connectivity index (χ4v) is 8.88. The second-order valence-corrected chi connectivity index (χ2v) is 19.2. The molecule has 23 heteroatoms. The number of likely N-dealkylation sites (N-methyl/N-ethyl adjacent to an activating group) is 2. The van der Waals surface area contributed by atoms with E-state index in [1.54, 1.807) is 34.6 Å². The second kappa shape index (κ2) is 20.1. The third-order valence-corrected chi connectivity index (χ3v) is 12.9. The average molecular weight is 992 g/mol. The maximum absolute atomic E-state index is 15.6. The number of nitrogens with zero attached hydrogens (tertiary/aromatic N) is 6. The van der Waals surface area contributed by atoms with Crippen molar-refractivity contribution in [1.29, 1.82) is 0 Å². The predicted molar refractivity (Wildman–Crippen MR) is 244 cm³/mol. The largest absolute Gasteiger partial charge is 0.465 e. The van der Waals surface area contributed by atoms with E-state index in [2.05, 4.69) is 15.6 Å². The van der Waals surface area contributed by atoms with Crippen molar-refractivity contribution in [2.45, 2.75) is 141 Å². The van der Waals surface area contributed by atoms with Gasteiger partial charge in [0.25, 0.3) is 11.8 Å². The summed E-state index contributed by atoms with van der Waals surface area (Å²) in [6, 6.07) is -0.314. The van der Waals surface area contributed by atoms with Crippen LogP contribution in [0.4, 0.5) is 35.9 Å². The van der Waals surface area contributed by atoms with Crippen molar-refractivity contribution in [3.63, 3.8) is 0 Å². The Morgan fingerprint density at radius 2 is 1.34 bits per heavy atom. The molecule has 17 nitrogen and oxygen atoms in total. The van der Waals surface area contributed by atoms with Gasteiger partial charge < -0.3 is 39.8 Å². The van der Waals surface area contributed by atoms with E-state index in [9.17, 15) is 42.7 Å². The van der Waals surface area contributed by atoms with Crippen LogP contribution in [-0.2, 0) is 36.9 Å². The third-order valence-electron chi connectivity index (χ3n) is 12.9. The number of benzene rings is 2. The van der Waals surface area contributed by atoms with Crippen molar-refractivity contribution in [3.8, 4) is 11.5 Å². The van der Waals surface area contributed by atoms with Gasteiger partial charge in [-0.1, -0.05) is 13.8 Å². The maximum atomic E-state index is 15.6. The van der Waals surface area contributed by atoms with Gasteiger partial charge in [-0.25, -0.2) is 40.9 Å². The van der Waals surface area contributed by atoms with Crippen LogP contribution in [0.1, 0.15) is 79.7 Å². The van der Waals surface area contributed by atoms with Gasteiger partial charge in [-0.15, -0.1) is 0 Å². The molecule has 6 amide bonds. The molecule has 2 saturated heterocycles. The lowest BCUT2D eigenvalue weighted by atomic mass is 9.99. The van der Waals surface area contributed by atoms with Gasteiger partial charge in [-0.3, -0.25) is 29.0 Å². The molecule has 70 heavy (non-hydrogen) atoms. The molecule has 6 atom stereocenters. The minimum absolute atomic E-state index is 0.0213. The number of carbonyl (C=O) groups is 6. The summed E-state index contributed by atoms with van der Waals surface area (Å²) in [7, 11) is 2.49. The lowest BCUT2D eigenvalue weighted by molar-refractivity contribution is -0.139. The van der Waals surface area contributed by atoms with E-state index in [-0.39, 0.29) is 59.4 Å². The topological polar surface area (TPSA) is 203 Å². The zero-order valence-corrected chi connectivity index (χ0v) is 40.3. The first kappa shape index (κ1) is 52.8. The molecular weight excluding hydrogens is 933 g/mol. The second-order valence-electron chi connectivity index (χ2n) is 19.2. The zero-order chi connectivity index (χ0) is 51.9. The number of halogens is 6. The van der Waals surface area contributed by atoms with Crippen LogP contribution in [0.2, 0.25) is 0 Å². The lowest BCUT2D eigenvalue weighted by Crippen LogP contribution is -2.55. The Bertz CT molecular complexity index is 2670. The standard InChI is InChI=1S/C47H59F6N9O8/c1-10-32(56-39(63)24(3)58(8)43(67)68)41(65)61-22-46(50,51)19-28(61)18-31-30-14-12-26(48)16-34(30)54-37(31)38-55-35-17-27(49)13-15-36(35)60(38)21-29-20-47(52,53)23-62(29)42(66)33(11-2)57-40(64)25(4)59(9)44(69)70-45(5,6)7/h12-17,24-25,28-29,32-33,54H,10-11,18-23H2,1-9H3,(H,56,63)(H,57,64)(H,67,68). The highest BCUT2D eigenvalue weighted by Gasteiger charge is 2.50. The number of hydrogen-bond acceptors (Lipinski definition) is 8. The first-order chi connectivity index (χ1) is 32.5. The molecule has 2 aliphatic heterocycles. The number of amides is 6. The number of carbonyl (C=O) groups excluding carboxylic acids is 5. The van der Waals surface area contributed by atoms with Gasteiger partial charge in [0, 0.05) is 56.5 Å². The molecule has 4 heterocycles. The maximum Gasteiger partial charge on any atom is 0.410 e. The number of likely N-dealkylation sites (tertiary alicyclic amines) is 2. The predicted octanol–water partition coefficient (Wildman–Crippen LogP) is 6.52. The molecule has 2 aromatic heterocycles. The van der Waals surface area contributed by atoms with Crippen LogP contribution < -0.4 is 10.6 Å². The highest BCUT2D eigenvalue weighted by atomic mass is 19.3. The van der Waals surface area contributed by atoms with Crippen LogP contribution in [0.5, 0.6) is 0 Å². The summed E-state index contributed by atoms with van der Waals surface area (Å²) in [5.41, 5.74) is -0.0848. The van der Waals surface area contributed by atoms with E-state index in [1.165, 1.54) is 37.6 Å². The van der Waals surface area contributed by atoms with Crippen LogP contribution in [0.25, 0.3) is 33.5 Å². The molecule has 0 aliphatic carbocycles. The molecule has 2 aliphatic rings. The fraction of sp³-hybridized carbons (Fsp3) is 0.553. The molecule has 382 valence electrons. The van der Waals surface area contributed by atoms with Crippen molar-refractivity contribution < 1.29 is 65.0 Å². The number of alkyl halides is 4. The summed E-state index contributed by atoms with van der Waals surface area (Å²) in [6.07, 6.45) is -4.29. The molecule has 0 spiro atoms. The molecule has 6 unspecified atom stereocenters. The van der Waals surface area contributed by atoms with Gasteiger partial charge in [0.15, 0.2) is 5.82 Å². The molecule has 2 fully saturated rings. The van der Waals surface area contributed by atoms with Crippen molar-refractivity contribution in [3.05, 3.63) is 53.6 Å². The molecule has 0 saturated carbocycles. The van der Waals surface area contributed by atoms with E-state index >= 15 is 17.6 Å². The minimum Gasteiger partial charge on any atom is -0.465 e. The number of hydrogen-bond donors (Lipinski definition) is 4. The van der Waals surface area contributed by atoms with Crippen molar-refractivity contribution in [1.82, 2.24) is 44.8 Å². The Labute approximate surface area is 399 Å². The van der Waals surface area contributed by atoms with E-state index in [4.69, 9.17) is 9.72 Å². The smallest absolute Gasteiger partial charge is 0.410 e. The van der Waals surface area contributed by atoms with Gasteiger partial charge >= 0.3 is 12.2 Å². The van der Waals surface area contributed by atoms with Crippen molar-refractivity contribution in [2.75, 3.05) is 27.2 Å². The van der Waals surface area contributed by atoms with E-state index in [1.807, 2.05) is 0 Å². The quantitative estimate of drug-likeness (QED) is 0.0957. The van der Waals surface area contributed by atoms with Crippen LogP contribution in [0, 0.1) is 11.6 Å². The Balaban J connectivity index is 1.37. The summed E-state index contributed by atoms with van der Waals surface area (Å²) in [5.74, 6) is -11.5. The molecule has 6 rings (SSSR count). The summed E-state index contributed by atoms with van der Waals surface area (Å²) >= 11 is 0. The number of fused-ring (bicyclic) bond motifs is 2. The van der Waals surface area contributed by atoms with E-state index in [0.717, 1.165) is 50.9 Å². The number of aromatic amines is 1. The van der Waals surface area contributed by atoms with Crippen molar-refractivity contribution in [2.24, 2.45) is 0 Å². The van der Waals surface area contributed by atoms with Gasteiger partial charge in [0.1, 0.15) is 41.4 Å². The lowest BCUT2D eigenvalue weighted by Gasteiger charge is -2.31. The molecule has 4 N–H and O–H groups in total. The molecule has 0 bridgehead atoms. The Morgan fingerprint density at radius 1 is 0.829 bits per heavy atom. The number of carboxylic acid groups (broad SMARTS) is 1. The fourth-order valence-electron chi connectivity index (χ4n) is 8.88. The number of ether oxygens (including phenoxy) is 1. The van der Waals surface area contributed by atoms with Gasteiger partial charge in [0.05, 0.1) is 35.9 Å². The number of aromatic nitrogens is 3. The average Bonchev–Trinajstić information content (AvgIpc) is 4.00. The normalized spacial score (nSPS) is 19.4. The molecular formula is C47H59F6N9O8. The Hall–Kier alpha value is -6.55. The SMILES string of the molecule is CCC(NC(=O)C(C)N(C)C(=O)O)C(=O)N1CC(F)(F)CC1Cc1c(-c2nc3cc(F)ccc3n2CC2CC(F)(F)CN2C(=O)C(CC)NC(=O)C(C)N(C)C(=O)OC(C)(C)C)[nH]c2cc(F)ccc12. The summed E-state index contributed by atoms with van der Waals surface area (Å²) in [6.45, 7) is 8.30. The minimum atomic E-state index is -3.41. The van der Waals surface area contributed by atoms with Crippen LogP contribution >= 0.6 is 0 Å². The van der Waals surface area contributed by atoms with E-state index < -0.39 is 127 Å². The van der Waals surface area contributed by atoms with Crippen LogP contribution in [-0.4, -0.2) is 156 Å². The monoisotopic (exact) mass is 991 g/mol. The third kappa shape index (κ3) is 11.4.